The number of pyridine rings is 3. The average molecular weight is 532 g/mol. The number of nitriles is 1. The maximum absolute atomic E-state index is 13.4. The van der Waals surface area contributed by atoms with Crippen LogP contribution in [0.2, 0.25) is 0 Å². The highest BCUT2D eigenvalue weighted by atomic mass is 32.2. The second-order valence-electron chi connectivity index (χ2n) is 10.4. The topological polar surface area (TPSA) is 108 Å². The summed E-state index contributed by atoms with van der Waals surface area (Å²) in [5, 5.41) is 13.0. The zero-order valence-electron chi connectivity index (χ0n) is 21.6. The number of hydrogen-bond donors (Lipinski definition) is 1. The van der Waals surface area contributed by atoms with Crippen LogP contribution in [0.15, 0.2) is 59.7 Å². The van der Waals surface area contributed by atoms with E-state index < -0.39 is 22.1 Å². The number of piperidine rings is 1. The fourth-order valence-electron chi connectivity index (χ4n) is 5.92. The number of aromatic nitrogens is 2. The van der Waals surface area contributed by atoms with Gasteiger partial charge in [0.25, 0.3) is 11.5 Å². The first-order valence-electron chi connectivity index (χ1n) is 13.2. The largest absolute Gasteiger partial charge is 0.348 e. The zero-order chi connectivity index (χ0) is 26.7. The minimum absolute atomic E-state index is 0.0942. The molecule has 9 heteroatoms. The number of carbonyl (C=O) groups excluding carboxylic acids is 1. The first-order valence-corrected chi connectivity index (χ1v) is 14.9. The van der Waals surface area contributed by atoms with Gasteiger partial charge in [-0.2, -0.15) is 5.26 Å². The van der Waals surface area contributed by atoms with Gasteiger partial charge in [-0.25, -0.2) is 0 Å². The average Bonchev–Trinajstić information content (AvgIpc) is 2.95. The first-order chi connectivity index (χ1) is 18.4. The van der Waals surface area contributed by atoms with E-state index in [2.05, 4.69) is 21.3 Å². The SMILES string of the molecule is CS(=O)[C@H]1CCCC[C@@H]1NC(=O)c1cc(CN2CCC(C#N)(c3ccccn3)CC2)c2ccccn2c1=O. The molecule has 38 heavy (non-hydrogen) atoms. The maximum Gasteiger partial charge on any atom is 0.267 e. The van der Waals surface area contributed by atoms with Crippen LogP contribution in [0.25, 0.3) is 5.52 Å². The standard InChI is InChI=1S/C29H33N5O3S/c1-38(37)25-10-3-2-8-23(25)32-27(35)22-18-21(24-9-5-7-15-34(24)28(22)36)19-33-16-12-29(20-30,13-17-33)26-11-4-6-14-31-26/h4-7,9,11,14-15,18,23,25H,2-3,8,10,12-13,16-17,19H2,1H3,(H,32,35)/t23-,25-,38?/m0/s1. The lowest BCUT2D eigenvalue weighted by molar-refractivity contribution is 0.0927. The van der Waals surface area contributed by atoms with E-state index in [0.29, 0.717) is 32.5 Å². The van der Waals surface area contributed by atoms with E-state index in [1.165, 1.54) is 4.40 Å². The number of amides is 1. The molecule has 0 spiro atoms. The Morgan fingerprint density at radius 3 is 2.66 bits per heavy atom. The number of hydrogen-bond acceptors (Lipinski definition) is 6. The van der Waals surface area contributed by atoms with Crippen molar-refractivity contribution in [3.8, 4) is 6.07 Å². The van der Waals surface area contributed by atoms with E-state index in [1.807, 2.05) is 30.3 Å². The Balaban J connectivity index is 1.39. The summed E-state index contributed by atoms with van der Waals surface area (Å²) in [5.41, 5.74) is 1.61. The third kappa shape index (κ3) is 5.16. The summed E-state index contributed by atoms with van der Waals surface area (Å²) in [6.45, 7) is 1.97. The summed E-state index contributed by atoms with van der Waals surface area (Å²) in [6, 6.07) is 15.3. The minimum atomic E-state index is -1.05. The number of nitrogens with one attached hydrogen (secondary N) is 1. The van der Waals surface area contributed by atoms with Crippen LogP contribution >= 0.6 is 0 Å². The molecule has 198 valence electrons. The van der Waals surface area contributed by atoms with Gasteiger partial charge in [-0.15, -0.1) is 0 Å². The Hall–Kier alpha value is -3.35. The monoisotopic (exact) mass is 531 g/mol. The van der Waals surface area contributed by atoms with Crippen LogP contribution in [0.5, 0.6) is 0 Å². The molecule has 0 radical (unpaired) electrons. The molecule has 5 rings (SSSR count). The smallest absolute Gasteiger partial charge is 0.267 e. The number of likely N-dealkylation sites (tertiary alicyclic amines) is 1. The second-order valence-corrected chi connectivity index (χ2v) is 12.0. The highest BCUT2D eigenvalue weighted by molar-refractivity contribution is 7.85. The van der Waals surface area contributed by atoms with Crippen molar-refractivity contribution in [2.75, 3.05) is 19.3 Å². The lowest BCUT2D eigenvalue weighted by Gasteiger charge is -2.37. The lowest BCUT2D eigenvalue weighted by atomic mass is 9.76. The Bertz CT molecular complexity index is 1440. The highest BCUT2D eigenvalue weighted by Gasteiger charge is 2.38. The second kappa shape index (κ2) is 11.2. The van der Waals surface area contributed by atoms with E-state index in [0.717, 1.165) is 42.5 Å². The summed E-state index contributed by atoms with van der Waals surface area (Å²) in [6.07, 6.45) is 9.99. The van der Waals surface area contributed by atoms with Crippen molar-refractivity contribution in [1.82, 2.24) is 19.6 Å². The van der Waals surface area contributed by atoms with Gasteiger partial charge in [-0.1, -0.05) is 25.0 Å². The van der Waals surface area contributed by atoms with Gasteiger partial charge in [0.1, 0.15) is 11.0 Å². The molecule has 3 atom stereocenters. The molecule has 1 aliphatic heterocycles. The van der Waals surface area contributed by atoms with Crippen molar-refractivity contribution >= 4 is 22.2 Å². The van der Waals surface area contributed by atoms with Crippen LogP contribution in [-0.4, -0.2) is 55.0 Å². The molecule has 1 unspecified atom stereocenters. The highest BCUT2D eigenvalue weighted by Crippen LogP contribution is 2.34. The van der Waals surface area contributed by atoms with Crippen molar-refractivity contribution in [1.29, 1.82) is 5.26 Å². The molecule has 3 aromatic heterocycles. The van der Waals surface area contributed by atoms with Crippen LogP contribution in [0.3, 0.4) is 0 Å². The summed E-state index contributed by atoms with van der Waals surface area (Å²) < 4.78 is 13.8. The molecular weight excluding hydrogens is 498 g/mol. The van der Waals surface area contributed by atoms with E-state index in [1.54, 1.807) is 30.8 Å². The normalized spacial score (nSPS) is 22.4. The van der Waals surface area contributed by atoms with Crippen LogP contribution in [0.1, 0.15) is 60.1 Å². The first kappa shape index (κ1) is 26.3. The van der Waals surface area contributed by atoms with Crippen molar-refractivity contribution in [3.63, 3.8) is 0 Å². The molecule has 2 aliphatic rings. The van der Waals surface area contributed by atoms with E-state index >= 15 is 0 Å². The van der Waals surface area contributed by atoms with Crippen molar-refractivity contribution in [3.05, 3.63) is 82.0 Å². The number of fused-ring (bicyclic) bond motifs is 1. The number of rotatable bonds is 6. The molecule has 0 bridgehead atoms. The molecule has 0 aromatic carbocycles. The summed E-state index contributed by atoms with van der Waals surface area (Å²) >= 11 is 0. The number of carbonyl (C=O) groups is 1. The third-order valence-corrected chi connectivity index (χ3v) is 9.54. The molecule has 1 aliphatic carbocycles. The summed E-state index contributed by atoms with van der Waals surface area (Å²) in [4.78, 5) is 33.5. The molecule has 1 saturated heterocycles. The summed E-state index contributed by atoms with van der Waals surface area (Å²) in [7, 11) is -1.05. The number of nitrogens with zero attached hydrogens (tertiary/aromatic N) is 4. The lowest BCUT2D eigenvalue weighted by Crippen LogP contribution is -2.48. The van der Waals surface area contributed by atoms with Crippen LogP contribution in [0, 0.1) is 11.3 Å². The van der Waals surface area contributed by atoms with Gasteiger partial charge in [0.15, 0.2) is 0 Å². The van der Waals surface area contributed by atoms with Crippen LogP contribution in [0.4, 0.5) is 0 Å². The van der Waals surface area contributed by atoms with Gasteiger partial charge in [-0.05, 0) is 61.6 Å². The van der Waals surface area contributed by atoms with E-state index in [4.69, 9.17) is 0 Å². The molecule has 1 amide bonds. The fourth-order valence-corrected chi connectivity index (χ4v) is 7.09. The van der Waals surface area contributed by atoms with E-state index in [-0.39, 0.29) is 22.4 Å². The Morgan fingerprint density at radius 2 is 1.95 bits per heavy atom. The van der Waals surface area contributed by atoms with Crippen LogP contribution in [-0.2, 0) is 22.8 Å². The molecule has 8 nitrogen and oxygen atoms in total. The van der Waals surface area contributed by atoms with Gasteiger partial charge in [0.05, 0.1) is 22.5 Å². The van der Waals surface area contributed by atoms with Gasteiger partial charge in [0.2, 0.25) is 0 Å². The third-order valence-electron chi connectivity index (χ3n) is 8.12. The Kier molecular flexibility index (Phi) is 7.73. The van der Waals surface area contributed by atoms with Gasteiger partial charge >= 0.3 is 0 Å². The summed E-state index contributed by atoms with van der Waals surface area (Å²) in [5.74, 6) is -0.408. The molecule has 4 heterocycles. The quantitative estimate of drug-likeness (QED) is 0.524. The predicted octanol–water partition coefficient (Wildman–Crippen LogP) is 3.17. The minimum Gasteiger partial charge on any atom is -0.348 e. The van der Waals surface area contributed by atoms with Gasteiger partial charge < -0.3 is 5.32 Å². The zero-order valence-corrected chi connectivity index (χ0v) is 22.5. The Labute approximate surface area is 225 Å². The molecule has 3 aromatic rings. The molecule has 1 N–H and O–H groups in total. The predicted molar refractivity (Wildman–Crippen MR) is 147 cm³/mol. The van der Waals surface area contributed by atoms with Crippen molar-refractivity contribution < 1.29 is 9.00 Å². The van der Waals surface area contributed by atoms with Crippen LogP contribution < -0.4 is 10.9 Å². The fraction of sp³-hybridized carbons (Fsp3) is 0.448. The Morgan fingerprint density at radius 1 is 1.18 bits per heavy atom. The maximum atomic E-state index is 13.4. The molecule has 2 fully saturated rings. The molecular formula is C29H33N5O3S. The van der Waals surface area contributed by atoms with E-state index in [9.17, 15) is 19.1 Å². The van der Waals surface area contributed by atoms with Gasteiger partial charge in [0, 0.05) is 55.1 Å². The van der Waals surface area contributed by atoms with Crippen molar-refractivity contribution in [2.24, 2.45) is 0 Å². The van der Waals surface area contributed by atoms with Gasteiger partial charge in [-0.3, -0.25) is 28.1 Å². The molecule has 1 saturated carbocycles. The van der Waals surface area contributed by atoms with Crippen molar-refractivity contribution in [2.45, 2.75) is 61.8 Å².